The number of halogens is 3. The third-order valence-electron chi connectivity index (χ3n) is 5.88. The monoisotopic (exact) mass is 539 g/mol. The highest BCUT2D eigenvalue weighted by atomic mass is 35.5. The molecule has 0 fully saturated rings. The Morgan fingerprint density at radius 3 is 2.44 bits per heavy atom. The number of amides is 1. The molecule has 0 aliphatic carbocycles. The summed E-state index contributed by atoms with van der Waals surface area (Å²) in [5.41, 5.74) is 4.43. The molecule has 0 atom stereocenters. The Morgan fingerprint density at radius 2 is 1.67 bits per heavy atom. The molecule has 5 N–H and O–H groups in total. The summed E-state index contributed by atoms with van der Waals surface area (Å²) >= 11 is 18.5. The lowest BCUT2D eigenvalue weighted by Gasteiger charge is -2.14. The van der Waals surface area contributed by atoms with Gasteiger partial charge in [-0.2, -0.15) is 0 Å². The van der Waals surface area contributed by atoms with Crippen LogP contribution in [0.25, 0.3) is 21.8 Å². The Balaban J connectivity index is 1.54. The Hall–Kier alpha value is -3.26. The molecule has 1 aromatic heterocycles. The summed E-state index contributed by atoms with van der Waals surface area (Å²) < 4.78 is 0. The van der Waals surface area contributed by atoms with Crippen LogP contribution in [0.4, 0.5) is 11.4 Å². The van der Waals surface area contributed by atoms with Crippen LogP contribution in [0.3, 0.4) is 0 Å². The van der Waals surface area contributed by atoms with E-state index in [1.54, 1.807) is 30.3 Å². The number of benzene rings is 4. The molecule has 0 aliphatic rings. The summed E-state index contributed by atoms with van der Waals surface area (Å²) in [7, 11) is 0. The number of H-pyrrole nitrogens is 1. The molecule has 0 spiro atoms. The first kappa shape index (κ1) is 24.4. The third-order valence-corrected chi connectivity index (χ3v) is 6.86. The summed E-state index contributed by atoms with van der Waals surface area (Å²) in [5, 5.41) is 28.9. The van der Waals surface area contributed by atoms with Crippen LogP contribution >= 0.6 is 34.8 Å². The van der Waals surface area contributed by atoms with Gasteiger partial charge in [-0.3, -0.25) is 4.79 Å². The van der Waals surface area contributed by atoms with Crippen LogP contribution in [0.15, 0.2) is 72.8 Å². The zero-order valence-electron chi connectivity index (χ0n) is 18.6. The van der Waals surface area contributed by atoms with E-state index in [0.717, 1.165) is 38.7 Å². The maximum atomic E-state index is 12.9. The minimum Gasteiger partial charge on any atom is -0.364 e. The molecular weight excluding hydrogens is 521 g/mol. The molecule has 0 radical (unpaired) electrons. The first-order valence-corrected chi connectivity index (χ1v) is 12.1. The second-order valence-corrected chi connectivity index (χ2v) is 9.52. The summed E-state index contributed by atoms with van der Waals surface area (Å²) in [6.45, 7) is 0.183. The summed E-state index contributed by atoms with van der Waals surface area (Å²) in [6.07, 6.45) is -1.75. The molecule has 0 saturated heterocycles. The maximum Gasteiger partial charge on any atom is 0.252 e. The van der Waals surface area contributed by atoms with Gasteiger partial charge in [0.1, 0.15) is 0 Å². The average molecular weight is 541 g/mol. The van der Waals surface area contributed by atoms with Crippen molar-refractivity contribution in [1.29, 1.82) is 0 Å². The lowest BCUT2D eigenvalue weighted by atomic mass is 10.1. The Kier molecular flexibility index (Phi) is 6.79. The predicted molar refractivity (Wildman–Crippen MR) is 145 cm³/mol. The van der Waals surface area contributed by atoms with Crippen LogP contribution in [0.1, 0.15) is 27.8 Å². The normalized spacial score (nSPS) is 11.4. The fourth-order valence-corrected chi connectivity index (χ4v) is 4.67. The maximum absolute atomic E-state index is 12.9. The molecule has 1 amide bonds. The minimum absolute atomic E-state index is 0.135. The number of hydrogen-bond acceptors (Lipinski definition) is 4. The standard InChI is InChI=1S/C27H20Cl3N3O3/c28-15-5-8-24-20(10-15)21-11-17(32-16-6-7-22(29)23(30)12-16)9-14(25(21)33-24)13-31-26(34)18-3-1-2-4-19(18)27(35)36/h1-12,27,32-33,35-36H,13H2,(H,31,34). The van der Waals surface area contributed by atoms with Crippen molar-refractivity contribution in [3.8, 4) is 0 Å². The average Bonchev–Trinajstić information content (AvgIpc) is 3.22. The lowest BCUT2D eigenvalue weighted by molar-refractivity contribution is -0.0429. The zero-order valence-corrected chi connectivity index (χ0v) is 20.9. The van der Waals surface area contributed by atoms with E-state index in [9.17, 15) is 15.0 Å². The number of nitrogens with one attached hydrogen (secondary N) is 3. The van der Waals surface area contributed by atoms with Crippen LogP contribution in [-0.2, 0) is 6.54 Å². The van der Waals surface area contributed by atoms with Gasteiger partial charge in [-0.1, -0.05) is 53.0 Å². The largest absolute Gasteiger partial charge is 0.364 e. The number of hydrogen-bond donors (Lipinski definition) is 5. The van der Waals surface area contributed by atoms with Gasteiger partial charge in [-0.25, -0.2) is 0 Å². The van der Waals surface area contributed by atoms with Gasteiger partial charge in [0, 0.05) is 50.4 Å². The number of anilines is 2. The molecule has 9 heteroatoms. The van der Waals surface area contributed by atoms with Gasteiger partial charge in [-0.05, 0) is 60.2 Å². The molecule has 4 aromatic carbocycles. The molecule has 182 valence electrons. The van der Waals surface area contributed by atoms with Crippen LogP contribution in [-0.4, -0.2) is 21.1 Å². The van der Waals surface area contributed by atoms with Crippen molar-refractivity contribution in [2.75, 3.05) is 5.32 Å². The number of aliphatic hydroxyl groups is 2. The molecule has 6 nitrogen and oxygen atoms in total. The quantitative estimate of drug-likeness (QED) is 0.151. The highest BCUT2D eigenvalue weighted by molar-refractivity contribution is 6.42. The fourth-order valence-electron chi connectivity index (χ4n) is 4.20. The van der Waals surface area contributed by atoms with Crippen molar-refractivity contribution >= 4 is 73.9 Å². The van der Waals surface area contributed by atoms with Crippen molar-refractivity contribution in [3.05, 3.63) is 105 Å². The number of rotatable bonds is 6. The molecule has 0 saturated carbocycles. The van der Waals surface area contributed by atoms with Crippen molar-refractivity contribution in [1.82, 2.24) is 10.3 Å². The number of carbonyl (C=O) groups is 1. The van der Waals surface area contributed by atoms with Crippen molar-refractivity contribution in [3.63, 3.8) is 0 Å². The molecule has 0 unspecified atom stereocenters. The zero-order chi connectivity index (χ0) is 25.4. The number of aliphatic hydroxyl groups excluding tert-OH is 1. The van der Waals surface area contributed by atoms with E-state index < -0.39 is 12.2 Å². The Labute approximate surface area is 221 Å². The number of aromatic nitrogens is 1. The molecule has 0 bridgehead atoms. The molecule has 0 aliphatic heterocycles. The highest BCUT2D eigenvalue weighted by Crippen LogP contribution is 2.34. The van der Waals surface area contributed by atoms with E-state index >= 15 is 0 Å². The van der Waals surface area contributed by atoms with Crippen LogP contribution in [0.5, 0.6) is 0 Å². The number of aromatic amines is 1. The smallest absolute Gasteiger partial charge is 0.252 e. The minimum atomic E-state index is -1.75. The topological polar surface area (TPSA) is 97.4 Å². The van der Waals surface area contributed by atoms with Crippen LogP contribution in [0.2, 0.25) is 15.1 Å². The van der Waals surface area contributed by atoms with E-state index in [1.165, 1.54) is 6.07 Å². The van der Waals surface area contributed by atoms with Crippen LogP contribution < -0.4 is 10.6 Å². The van der Waals surface area contributed by atoms with Gasteiger partial charge in [0.15, 0.2) is 6.29 Å². The van der Waals surface area contributed by atoms with E-state index in [0.29, 0.717) is 15.1 Å². The van der Waals surface area contributed by atoms with Crippen molar-refractivity contribution in [2.45, 2.75) is 12.8 Å². The first-order chi connectivity index (χ1) is 17.3. The van der Waals surface area contributed by atoms with Crippen LogP contribution in [0, 0.1) is 0 Å². The summed E-state index contributed by atoms with van der Waals surface area (Å²) in [6, 6.07) is 21.2. The summed E-state index contributed by atoms with van der Waals surface area (Å²) in [5.74, 6) is -0.422. The van der Waals surface area contributed by atoms with E-state index in [4.69, 9.17) is 34.8 Å². The van der Waals surface area contributed by atoms with Crippen molar-refractivity contribution < 1.29 is 15.0 Å². The second kappa shape index (κ2) is 10.0. The van der Waals surface area contributed by atoms with E-state index in [1.807, 2.05) is 36.4 Å². The fraction of sp³-hybridized carbons (Fsp3) is 0.0741. The Bertz CT molecular complexity index is 1610. The van der Waals surface area contributed by atoms with Gasteiger partial charge in [0.05, 0.1) is 15.6 Å². The second-order valence-electron chi connectivity index (χ2n) is 8.27. The number of fused-ring (bicyclic) bond motifs is 3. The number of carbonyl (C=O) groups excluding carboxylic acids is 1. The van der Waals surface area contributed by atoms with Crippen molar-refractivity contribution in [2.24, 2.45) is 0 Å². The van der Waals surface area contributed by atoms with Gasteiger partial charge in [0.25, 0.3) is 5.91 Å². The first-order valence-electron chi connectivity index (χ1n) is 11.0. The summed E-state index contributed by atoms with van der Waals surface area (Å²) in [4.78, 5) is 16.4. The lowest BCUT2D eigenvalue weighted by Crippen LogP contribution is -2.24. The molecule has 1 heterocycles. The van der Waals surface area contributed by atoms with Gasteiger partial charge >= 0.3 is 0 Å². The molecular formula is C27H20Cl3N3O3. The van der Waals surface area contributed by atoms with Gasteiger partial charge in [-0.15, -0.1) is 0 Å². The highest BCUT2D eigenvalue weighted by Gasteiger charge is 2.17. The molecule has 5 rings (SSSR count). The third kappa shape index (κ3) is 4.87. The SMILES string of the molecule is O=C(NCc1cc(Nc2ccc(Cl)c(Cl)c2)cc2c1[nH]c1ccc(Cl)cc12)c1ccccc1C(O)O. The van der Waals surface area contributed by atoms with E-state index in [2.05, 4.69) is 15.6 Å². The van der Waals surface area contributed by atoms with Gasteiger partial charge in [0.2, 0.25) is 0 Å². The van der Waals surface area contributed by atoms with E-state index in [-0.39, 0.29) is 17.7 Å². The molecule has 5 aromatic rings. The molecule has 36 heavy (non-hydrogen) atoms. The predicted octanol–water partition coefficient (Wildman–Crippen LogP) is 6.94. The van der Waals surface area contributed by atoms with Gasteiger partial charge < -0.3 is 25.8 Å². The Morgan fingerprint density at radius 1 is 0.861 bits per heavy atom.